The fourth-order valence-electron chi connectivity index (χ4n) is 7.40. The summed E-state index contributed by atoms with van der Waals surface area (Å²) < 4.78 is 12.9. The van der Waals surface area contributed by atoms with Crippen molar-refractivity contribution in [3.8, 4) is 21.3 Å². The van der Waals surface area contributed by atoms with Crippen LogP contribution in [0.4, 0.5) is 0 Å². The Kier molecular flexibility index (Phi) is 15.3. The van der Waals surface area contributed by atoms with E-state index < -0.39 is 12.0 Å². The number of nitrogens with one attached hydrogen (secondary N) is 2. The van der Waals surface area contributed by atoms with Gasteiger partial charge in [0.1, 0.15) is 40.8 Å². The Morgan fingerprint density at radius 2 is 1.73 bits per heavy atom. The van der Waals surface area contributed by atoms with Crippen molar-refractivity contribution in [3.05, 3.63) is 96.8 Å². The number of aromatic nitrogens is 4. The lowest BCUT2D eigenvalue weighted by Gasteiger charge is -2.34. The number of ether oxygens (including phenoxy) is 2. The standard InChI is InChI=1S/C44H49Cl2N9O6S2/c1-5-60-39(59)24-48-36(56)21-31-25-62-43(49-31)33-13-12-32(22-34(33)46)61-20-19-53-15-17-54(18-16-53)38(58)7-6-14-47-37(57)23-35-42-52-51-28(4)55(42)44-40(26(2)27(3)63-44)41(50-35)29-8-10-30(45)11-9-29/h8-13,22,25,35H,5-7,14-21,23-24H2,1-4H3,(H,47,57)(H,48,56)/t35-/m0/s1. The van der Waals surface area contributed by atoms with Crippen molar-refractivity contribution in [3.63, 3.8) is 0 Å². The highest BCUT2D eigenvalue weighted by Crippen LogP contribution is 2.40. The average Bonchev–Trinajstić information content (AvgIpc) is 3.94. The number of aliphatic imine (C=N–C) groups is 1. The van der Waals surface area contributed by atoms with Gasteiger partial charge in [0.25, 0.3) is 0 Å². The molecule has 2 N–H and O–H groups in total. The predicted octanol–water partition coefficient (Wildman–Crippen LogP) is 6.31. The van der Waals surface area contributed by atoms with Gasteiger partial charge in [-0.25, -0.2) is 4.98 Å². The van der Waals surface area contributed by atoms with E-state index in [1.807, 2.05) is 52.8 Å². The third-order valence-corrected chi connectivity index (χ3v) is 13.5. The van der Waals surface area contributed by atoms with Gasteiger partial charge in [-0.2, -0.15) is 0 Å². The zero-order valence-electron chi connectivity index (χ0n) is 35.5. The van der Waals surface area contributed by atoms with Crippen molar-refractivity contribution in [1.82, 2.24) is 40.2 Å². The second-order valence-electron chi connectivity index (χ2n) is 15.2. The van der Waals surface area contributed by atoms with Crippen LogP contribution in [0.15, 0.2) is 52.8 Å². The molecule has 0 unspecified atom stereocenters. The molecule has 1 fully saturated rings. The Morgan fingerprint density at radius 3 is 2.48 bits per heavy atom. The first-order valence-corrected chi connectivity index (χ1v) is 23.3. The van der Waals surface area contributed by atoms with Crippen LogP contribution in [0.25, 0.3) is 15.6 Å². The molecule has 15 nitrogen and oxygen atoms in total. The van der Waals surface area contributed by atoms with Crippen LogP contribution in [-0.4, -0.2) is 118 Å². The smallest absolute Gasteiger partial charge is 0.325 e. The topological polar surface area (TPSA) is 173 Å². The lowest BCUT2D eigenvalue weighted by atomic mass is 9.99. The summed E-state index contributed by atoms with van der Waals surface area (Å²) in [6.07, 6.45) is 0.976. The quantitative estimate of drug-likeness (QED) is 0.0796. The van der Waals surface area contributed by atoms with Gasteiger partial charge in [0.15, 0.2) is 5.82 Å². The summed E-state index contributed by atoms with van der Waals surface area (Å²) in [5.74, 6) is 1.06. The van der Waals surface area contributed by atoms with Crippen LogP contribution in [0.2, 0.25) is 10.0 Å². The summed E-state index contributed by atoms with van der Waals surface area (Å²) in [7, 11) is 0. The van der Waals surface area contributed by atoms with Crippen molar-refractivity contribution in [2.24, 2.45) is 4.99 Å². The molecule has 0 aliphatic carbocycles. The van der Waals surface area contributed by atoms with Crippen molar-refractivity contribution in [2.75, 3.05) is 59.0 Å². The van der Waals surface area contributed by atoms with Crippen molar-refractivity contribution >= 4 is 75.3 Å². The molecular formula is C44H49Cl2N9O6S2. The summed E-state index contributed by atoms with van der Waals surface area (Å²) in [5.41, 5.74) is 5.14. The number of aryl methyl sites for hydroxylation is 2. The van der Waals surface area contributed by atoms with Gasteiger partial charge in [-0.15, -0.1) is 32.9 Å². The predicted molar refractivity (Wildman–Crippen MR) is 245 cm³/mol. The molecule has 19 heteroatoms. The highest BCUT2D eigenvalue weighted by Gasteiger charge is 2.32. The first kappa shape index (κ1) is 45.8. The zero-order valence-corrected chi connectivity index (χ0v) is 38.7. The van der Waals surface area contributed by atoms with Crippen LogP contribution in [0.3, 0.4) is 0 Å². The molecule has 332 valence electrons. The molecule has 5 aromatic rings. The minimum atomic E-state index is -0.567. The molecule has 5 heterocycles. The molecule has 0 spiro atoms. The van der Waals surface area contributed by atoms with Crippen molar-refractivity contribution in [2.45, 2.75) is 59.4 Å². The molecule has 2 aromatic carbocycles. The number of hydrogen-bond acceptors (Lipinski definition) is 13. The minimum Gasteiger partial charge on any atom is -0.492 e. The summed E-state index contributed by atoms with van der Waals surface area (Å²) in [4.78, 5) is 65.3. The molecule has 7 rings (SSSR count). The first-order valence-electron chi connectivity index (χ1n) is 20.8. The lowest BCUT2D eigenvalue weighted by molar-refractivity contribution is -0.143. The first-order chi connectivity index (χ1) is 30.4. The highest BCUT2D eigenvalue weighted by molar-refractivity contribution is 7.15. The molecule has 1 saturated heterocycles. The highest BCUT2D eigenvalue weighted by atomic mass is 35.5. The number of benzene rings is 2. The number of fused-ring (bicyclic) bond motifs is 3. The normalized spacial score (nSPS) is 14.9. The van der Waals surface area contributed by atoms with Crippen molar-refractivity contribution < 1.29 is 28.7 Å². The van der Waals surface area contributed by atoms with Gasteiger partial charge in [-0.1, -0.05) is 35.3 Å². The maximum Gasteiger partial charge on any atom is 0.325 e. The van der Waals surface area contributed by atoms with Crippen LogP contribution in [0.5, 0.6) is 5.75 Å². The molecule has 3 amide bonds. The maximum atomic E-state index is 13.4. The summed E-state index contributed by atoms with van der Waals surface area (Å²) >= 11 is 15.9. The number of halogens is 2. The maximum absolute atomic E-state index is 13.4. The Balaban J connectivity index is 0.827. The molecule has 0 bridgehead atoms. The number of rotatable bonds is 17. The van der Waals surface area contributed by atoms with E-state index in [-0.39, 0.29) is 43.7 Å². The van der Waals surface area contributed by atoms with Crippen LogP contribution >= 0.6 is 45.9 Å². The van der Waals surface area contributed by atoms with Crippen LogP contribution in [0, 0.1) is 20.8 Å². The number of nitrogens with zero attached hydrogens (tertiary/aromatic N) is 7. The van der Waals surface area contributed by atoms with E-state index in [2.05, 4.69) is 44.6 Å². The third-order valence-electron chi connectivity index (χ3n) is 10.8. The largest absolute Gasteiger partial charge is 0.492 e. The Hall–Kier alpha value is -5.20. The Bertz CT molecular complexity index is 2490. The second-order valence-corrected chi connectivity index (χ2v) is 18.1. The fraction of sp³-hybridized carbons (Fsp3) is 0.409. The number of thiazole rings is 1. The lowest BCUT2D eigenvalue weighted by Crippen LogP contribution is -2.49. The summed E-state index contributed by atoms with van der Waals surface area (Å²) in [5, 5.41) is 19.0. The van der Waals surface area contributed by atoms with E-state index in [1.54, 1.807) is 29.7 Å². The van der Waals surface area contributed by atoms with E-state index >= 15 is 0 Å². The monoisotopic (exact) mass is 933 g/mol. The van der Waals surface area contributed by atoms with Crippen LogP contribution in [0.1, 0.15) is 71.1 Å². The van der Waals surface area contributed by atoms with Gasteiger partial charge in [0.2, 0.25) is 17.7 Å². The molecule has 2 aliphatic rings. The second kappa shape index (κ2) is 21.0. The fourth-order valence-corrected chi connectivity index (χ4v) is 9.91. The number of carbonyl (C=O) groups is 4. The number of esters is 1. The zero-order chi connectivity index (χ0) is 44.6. The van der Waals surface area contributed by atoms with Gasteiger partial charge < -0.3 is 25.0 Å². The molecule has 0 radical (unpaired) electrons. The Labute approximate surface area is 383 Å². The van der Waals surface area contributed by atoms with Crippen LogP contribution in [-0.2, 0) is 30.3 Å². The number of carbonyl (C=O) groups excluding carboxylic acids is 4. The number of hydrogen-bond donors (Lipinski definition) is 2. The van der Waals surface area contributed by atoms with E-state index in [9.17, 15) is 19.2 Å². The van der Waals surface area contributed by atoms with Gasteiger partial charge in [-0.05, 0) is 70.0 Å². The van der Waals surface area contributed by atoms with E-state index in [1.165, 1.54) is 16.2 Å². The molecule has 2 aliphatic heterocycles. The summed E-state index contributed by atoms with van der Waals surface area (Å²) in [6, 6.07) is 12.5. The SMILES string of the molecule is CCOC(=O)CNC(=O)Cc1csc(-c2ccc(OCCN3CCN(C(=O)CCCNC(=O)C[C@@H]4N=C(c5ccc(Cl)cc5)c5c(sc(C)c5C)-n5c(C)nnc54)CC3)cc2Cl)n1. The minimum absolute atomic E-state index is 0.0346. The van der Waals surface area contributed by atoms with Crippen LogP contribution < -0.4 is 15.4 Å². The third kappa shape index (κ3) is 11.3. The molecule has 63 heavy (non-hydrogen) atoms. The molecule has 3 aromatic heterocycles. The van der Waals surface area contributed by atoms with E-state index in [0.29, 0.717) is 77.9 Å². The summed E-state index contributed by atoms with van der Waals surface area (Å²) in [6.45, 7) is 12.1. The van der Waals surface area contributed by atoms with E-state index in [0.717, 1.165) is 51.9 Å². The molecular weight excluding hydrogens is 886 g/mol. The molecule has 1 atom stereocenters. The van der Waals surface area contributed by atoms with Crippen molar-refractivity contribution in [1.29, 1.82) is 0 Å². The van der Waals surface area contributed by atoms with Gasteiger partial charge in [0, 0.05) is 77.7 Å². The number of thiophene rings is 1. The van der Waals surface area contributed by atoms with Gasteiger partial charge in [0.05, 0.1) is 35.9 Å². The van der Waals surface area contributed by atoms with E-state index in [4.69, 9.17) is 37.7 Å². The number of amides is 3. The number of piperazine rings is 1. The average molecular weight is 935 g/mol. The Morgan fingerprint density at radius 1 is 0.952 bits per heavy atom. The van der Waals surface area contributed by atoms with Gasteiger partial charge >= 0.3 is 5.97 Å². The van der Waals surface area contributed by atoms with Gasteiger partial charge in [-0.3, -0.25) is 33.6 Å². The molecule has 0 saturated carbocycles.